The minimum Gasteiger partial charge on any atom is -0.384 e. The number of nitrogens with zero attached hydrogens (tertiary/aromatic N) is 1. The molecular weight excluding hydrogens is 286 g/mol. The van der Waals surface area contributed by atoms with Crippen molar-refractivity contribution >= 4 is 40.5 Å². The number of aryl methyl sites for hydroxylation is 1. The fourth-order valence-corrected chi connectivity index (χ4v) is 3.55. The van der Waals surface area contributed by atoms with Gasteiger partial charge < -0.3 is 5.73 Å². The maximum absolute atomic E-state index is 7.35. The number of hydrogen-bond donors (Lipinski definition) is 2. The molecule has 2 aromatic rings. The first kappa shape index (κ1) is 13.4. The highest BCUT2D eigenvalue weighted by molar-refractivity contribution is 8.00. The van der Waals surface area contributed by atoms with Crippen molar-refractivity contribution in [1.82, 2.24) is 4.98 Å². The number of rotatable bonds is 4. The predicted octanol–water partition coefficient (Wildman–Crippen LogP) is 3.68. The van der Waals surface area contributed by atoms with Crippen molar-refractivity contribution in [2.24, 2.45) is 5.73 Å². The summed E-state index contributed by atoms with van der Waals surface area (Å²) in [5.74, 6) is 0.802. The largest absolute Gasteiger partial charge is 0.384 e. The highest BCUT2D eigenvalue weighted by atomic mass is 35.5. The average molecular weight is 298 g/mol. The smallest absolute Gasteiger partial charge is 0.150 e. The van der Waals surface area contributed by atoms with Crippen LogP contribution in [0.1, 0.15) is 16.8 Å². The first-order valence-corrected chi connectivity index (χ1v) is 7.48. The van der Waals surface area contributed by atoms with Gasteiger partial charge in [-0.1, -0.05) is 35.5 Å². The lowest BCUT2D eigenvalue weighted by atomic mass is 10.1. The molecule has 0 amide bonds. The number of aromatic nitrogens is 1. The van der Waals surface area contributed by atoms with Gasteiger partial charge >= 0.3 is 0 Å². The molecule has 0 saturated heterocycles. The number of halogens is 1. The van der Waals surface area contributed by atoms with Gasteiger partial charge in [-0.2, -0.15) is 0 Å². The number of nitrogen functional groups attached to an aromatic ring is 1. The minimum absolute atomic E-state index is 0.0339. The second-order valence-corrected chi connectivity index (χ2v) is 6.25. The number of nitrogens with one attached hydrogen (secondary N) is 1. The highest BCUT2D eigenvalue weighted by Crippen LogP contribution is 2.29. The van der Waals surface area contributed by atoms with Gasteiger partial charge in [-0.25, -0.2) is 4.98 Å². The van der Waals surface area contributed by atoms with Crippen molar-refractivity contribution in [3.63, 3.8) is 0 Å². The summed E-state index contributed by atoms with van der Waals surface area (Å²) in [6.07, 6.45) is 0. The molecule has 1 aromatic heterocycles. The van der Waals surface area contributed by atoms with E-state index in [1.54, 1.807) is 29.2 Å². The van der Waals surface area contributed by atoms with Crippen LogP contribution in [0.4, 0.5) is 0 Å². The van der Waals surface area contributed by atoms with Crippen LogP contribution in [0.25, 0.3) is 0 Å². The quantitative estimate of drug-likeness (QED) is 0.514. The van der Waals surface area contributed by atoms with E-state index in [0.29, 0.717) is 10.6 Å². The van der Waals surface area contributed by atoms with Crippen LogP contribution < -0.4 is 5.73 Å². The summed E-state index contributed by atoms with van der Waals surface area (Å²) in [4.78, 5) is 4.39. The van der Waals surface area contributed by atoms with Crippen LogP contribution in [-0.2, 0) is 5.75 Å². The summed E-state index contributed by atoms with van der Waals surface area (Å²) in [5.41, 5.74) is 8.13. The zero-order chi connectivity index (χ0) is 13.1. The number of thiazole rings is 1. The van der Waals surface area contributed by atoms with Gasteiger partial charge in [0.25, 0.3) is 0 Å². The Morgan fingerprint density at radius 3 is 2.89 bits per heavy atom. The fourth-order valence-electron chi connectivity index (χ4n) is 1.37. The van der Waals surface area contributed by atoms with Gasteiger partial charge in [-0.15, -0.1) is 11.3 Å². The molecule has 6 heteroatoms. The van der Waals surface area contributed by atoms with Crippen LogP contribution in [-0.4, -0.2) is 10.8 Å². The van der Waals surface area contributed by atoms with Gasteiger partial charge in [0.15, 0.2) is 0 Å². The molecule has 0 radical (unpaired) electrons. The van der Waals surface area contributed by atoms with Crippen LogP contribution in [0, 0.1) is 12.3 Å². The maximum atomic E-state index is 7.35. The molecule has 3 N–H and O–H groups in total. The number of hydrogen-bond acceptors (Lipinski definition) is 4. The Balaban J connectivity index is 2.08. The molecule has 0 bridgehead atoms. The molecule has 0 aliphatic heterocycles. The topological polar surface area (TPSA) is 62.8 Å². The monoisotopic (exact) mass is 297 g/mol. The minimum atomic E-state index is 0.0339. The van der Waals surface area contributed by atoms with Crippen LogP contribution in [0.15, 0.2) is 27.9 Å². The van der Waals surface area contributed by atoms with E-state index in [0.717, 1.165) is 21.3 Å². The first-order chi connectivity index (χ1) is 8.56. The second-order valence-electron chi connectivity index (χ2n) is 3.76. The van der Waals surface area contributed by atoms with E-state index in [2.05, 4.69) is 4.98 Å². The summed E-state index contributed by atoms with van der Waals surface area (Å²) < 4.78 is 1.04. The Morgan fingerprint density at radius 2 is 2.33 bits per heavy atom. The lowest BCUT2D eigenvalue weighted by Gasteiger charge is -2.05. The van der Waals surface area contributed by atoms with Crippen molar-refractivity contribution in [3.8, 4) is 0 Å². The van der Waals surface area contributed by atoms with Crippen LogP contribution in [0.5, 0.6) is 0 Å². The van der Waals surface area contributed by atoms with Gasteiger partial charge in [0.2, 0.25) is 0 Å². The van der Waals surface area contributed by atoms with Crippen molar-refractivity contribution < 1.29 is 0 Å². The van der Waals surface area contributed by atoms with Crippen LogP contribution in [0.2, 0.25) is 5.02 Å². The van der Waals surface area contributed by atoms with Gasteiger partial charge in [0.05, 0.1) is 0 Å². The molecular formula is C12H12ClN3S2. The molecule has 2 rings (SSSR count). The molecule has 18 heavy (non-hydrogen) atoms. The summed E-state index contributed by atoms with van der Waals surface area (Å²) in [6, 6.07) is 5.45. The number of thioether (sulfide) groups is 1. The molecule has 94 valence electrons. The predicted molar refractivity (Wildman–Crippen MR) is 78.9 cm³/mol. The lowest BCUT2D eigenvalue weighted by molar-refractivity contribution is 1.16. The number of benzene rings is 1. The molecule has 1 heterocycles. The van der Waals surface area contributed by atoms with Crippen LogP contribution in [0.3, 0.4) is 0 Å². The second kappa shape index (κ2) is 5.73. The van der Waals surface area contributed by atoms with E-state index in [1.807, 2.05) is 24.4 Å². The van der Waals surface area contributed by atoms with Gasteiger partial charge in [0, 0.05) is 27.4 Å². The van der Waals surface area contributed by atoms with Crippen molar-refractivity contribution in [2.75, 3.05) is 0 Å². The molecule has 0 aliphatic rings. The third-order valence-corrected chi connectivity index (χ3v) is 4.85. The van der Waals surface area contributed by atoms with Crippen molar-refractivity contribution in [3.05, 3.63) is 45.4 Å². The number of amidine groups is 1. The highest BCUT2D eigenvalue weighted by Gasteiger charge is 2.06. The molecule has 0 saturated carbocycles. The zero-order valence-corrected chi connectivity index (χ0v) is 12.1. The Labute approximate surface area is 119 Å². The third kappa shape index (κ3) is 3.25. The van der Waals surface area contributed by atoms with Gasteiger partial charge in [0.1, 0.15) is 10.2 Å². The molecule has 0 atom stereocenters. The standard InChI is InChI=1S/C12H12ClN3S2/c1-7-5-17-12(16-7)18-6-9-3-2-8(11(14)15)4-10(9)13/h2-5H,6H2,1H3,(H3,14,15). The lowest BCUT2D eigenvalue weighted by Crippen LogP contribution is -2.10. The fraction of sp³-hybridized carbons (Fsp3) is 0.167. The average Bonchev–Trinajstić information content (AvgIpc) is 2.73. The van der Waals surface area contributed by atoms with E-state index in [4.69, 9.17) is 22.7 Å². The molecule has 0 aliphatic carbocycles. The maximum Gasteiger partial charge on any atom is 0.150 e. The molecule has 0 unspecified atom stereocenters. The molecule has 3 nitrogen and oxygen atoms in total. The Hall–Kier alpha value is -1.04. The third-order valence-electron chi connectivity index (χ3n) is 2.31. The van der Waals surface area contributed by atoms with E-state index in [-0.39, 0.29) is 5.84 Å². The van der Waals surface area contributed by atoms with E-state index >= 15 is 0 Å². The molecule has 0 spiro atoms. The Morgan fingerprint density at radius 1 is 1.56 bits per heavy atom. The normalized spacial score (nSPS) is 10.6. The van der Waals surface area contributed by atoms with Crippen molar-refractivity contribution in [1.29, 1.82) is 5.41 Å². The summed E-state index contributed by atoms with van der Waals surface area (Å²) >= 11 is 9.46. The van der Waals surface area contributed by atoms with Gasteiger partial charge in [-0.05, 0) is 18.6 Å². The van der Waals surface area contributed by atoms with E-state index < -0.39 is 0 Å². The summed E-state index contributed by atoms with van der Waals surface area (Å²) in [7, 11) is 0. The Kier molecular flexibility index (Phi) is 4.27. The molecule has 0 fully saturated rings. The SMILES string of the molecule is Cc1csc(SCc2ccc(C(=N)N)cc2Cl)n1. The zero-order valence-electron chi connectivity index (χ0n) is 9.74. The number of nitrogens with two attached hydrogens (primary N) is 1. The van der Waals surface area contributed by atoms with Gasteiger partial charge in [-0.3, -0.25) is 5.41 Å². The first-order valence-electron chi connectivity index (χ1n) is 5.24. The summed E-state index contributed by atoms with van der Waals surface area (Å²) in [6.45, 7) is 1.98. The molecule has 1 aromatic carbocycles. The van der Waals surface area contributed by atoms with Crippen molar-refractivity contribution in [2.45, 2.75) is 17.0 Å². The summed E-state index contributed by atoms with van der Waals surface area (Å²) in [5, 5.41) is 10.0. The van der Waals surface area contributed by atoms with E-state index in [1.165, 1.54) is 0 Å². The van der Waals surface area contributed by atoms with E-state index in [9.17, 15) is 0 Å². The Bertz CT molecular complexity index is 580. The van der Waals surface area contributed by atoms with Crippen LogP contribution >= 0.6 is 34.7 Å².